The summed E-state index contributed by atoms with van der Waals surface area (Å²) in [5, 5.41) is 3.66. The Balaban J connectivity index is 2.64. The number of nitrogens with one attached hydrogen (secondary N) is 1. The van der Waals surface area contributed by atoms with E-state index in [-0.39, 0.29) is 0 Å². The fourth-order valence-corrected chi connectivity index (χ4v) is 1.91. The van der Waals surface area contributed by atoms with Crippen LogP contribution in [0.15, 0.2) is 24.3 Å². The average Bonchev–Trinajstić information content (AvgIpc) is 2.25. The Morgan fingerprint density at radius 1 is 1.20 bits per heavy atom. The van der Waals surface area contributed by atoms with Crippen LogP contribution >= 0.6 is 0 Å². The summed E-state index contributed by atoms with van der Waals surface area (Å²) in [6.07, 6.45) is 2.40. The summed E-state index contributed by atoms with van der Waals surface area (Å²) >= 11 is 0. The maximum atomic E-state index is 3.66. The highest BCUT2D eigenvalue weighted by Crippen LogP contribution is 2.15. The van der Waals surface area contributed by atoms with Gasteiger partial charge in [0.15, 0.2) is 0 Å². The summed E-state index contributed by atoms with van der Waals surface area (Å²) in [7, 11) is 0. The maximum Gasteiger partial charge on any atom is 0.0294 e. The Bertz CT molecular complexity index is 289. The molecule has 1 nitrogen and oxygen atoms in total. The molecule has 1 N–H and O–H groups in total. The normalized spacial score (nSPS) is 13.1. The molecular weight excluding hydrogens is 182 g/mol. The van der Waals surface area contributed by atoms with Gasteiger partial charge in [-0.3, -0.25) is 0 Å². The zero-order chi connectivity index (χ0) is 11.3. The van der Waals surface area contributed by atoms with Crippen LogP contribution in [0.25, 0.3) is 0 Å². The van der Waals surface area contributed by atoms with Gasteiger partial charge in [0.1, 0.15) is 0 Å². The molecule has 1 aromatic rings. The second kappa shape index (κ2) is 5.92. The Kier molecular flexibility index (Phi) is 4.83. The highest BCUT2D eigenvalue weighted by atomic mass is 14.9. The Morgan fingerprint density at radius 2 is 1.87 bits per heavy atom. The molecule has 0 aliphatic carbocycles. The molecule has 0 radical (unpaired) electrons. The number of benzene rings is 1. The van der Waals surface area contributed by atoms with Gasteiger partial charge in [-0.15, -0.1) is 0 Å². The minimum Gasteiger partial charge on any atom is -0.307 e. The predicted octanol–water partition coefficient (Wildman–Crippen LogP) is 3.83. The largest absolute Gasteiger partial charge is 0.307 e. The monoisotopic (exact) mass is 205 g/mol. The summed E-state index contributed by atoms with van der Waals surface area (Å²) in [5.74, 6) is 0. The van der Waals surface area contributed by atoms with Gasteiger partial charge >= 0.3 is 0 Å². The van der Waals surface area contributed by atoms with E-state index in [9.17, 15) is 0 Å². The molecule has 0 aromatic heterocycles. The van der Waals surface area contributed by atoms with Crippen molar-refractivity contribution in [1.82, 2.24) is 5.32 Å². The van der Waals surface area contributed by atoms with E-state index in [2.05, 4.69) is 57.3 Å². The molecule has 1 unspecified atom stereocenters. The first-order valence-corrected chi connectivity index (χ1v) is 6.00. The van der Waals surface area contributed by atoms with Crippen LogP contribution in [0.2, 0.25) is 0 Å². The van der Waals surface area contributed by atoms with Crippen LogP contribution in [0.4, 0.5) is 0 Å². The van der Waals surface area contributed by atoms with Gasteiger partial charge in [-0.2, -0.15) is 0 Å². The van der Waals surface area contributed by atoms with E-state index in [1.807, 2.05) is 0 Å². The lowest BCUT2D eigenvalue weighted by Crippen LogP contribution is -2.30. The average molecular weight is 205 g/mol. The molecular formula is C14H23N. The lowest BCUT2D eigenvalue weighted by Gasteiger charge is -2.21. The maximum absolute atomic E-state index is 3.66. The molecule has 0 fully saturated rings. The molecule has 0 saturated heterocycles. The van der Waals surface area contributed by atoms with Gasteiger partial charge in [0, 0.05) is 12.1 Å². The van der Waals surface area contributed by atoms with Gasteiger partial charge < -0.3 is 5.32 Å². The molecule has 0 heterocycles. The van der Waals surface area contributed by atoms with Crippen molar-refractivity contribution in [2.45, 2.75) is 52.6 Å². The SMILES string of the molecule is CCC(CC)NC(C)c1cccc(C)c1. The lowest BCUT2D eigenvalue weighted by molar-refractivity contribution is 0.432. The number of hydrogen-bond acceptors (Lipinski definition) is 1. The Morgan fingerprint density at radius 3 is 2.40 bits per heavy atom. The molecule has 0 bridgehead atoms. The van der Waals surface area contributed by atoms with E-state index < -0.39 is 0 Å². The molecule has 0 amide bonds. The van der Waals surface area contributed by atoms with Crippen LogP contribution in [0.3, 0.4) is 0 Å². The number of rotatable bonds is 5. The summed E-state index contributed by atoms with van der Waals surface area (Å²) in [5.41, 5.74) is 2.73. The Labute approximate surface area is 93.9 Å². The fourth-order valence-electron chi connectivity index (χ4n) is 1.91. The van der Waals surface area contributed by atoms with E-state index in [0.29, 0.717) is 12.1 Å². The van der Waals surface area contributed by atoms with Crippen molar-refractivity contribution in [3.05, 3.63) is 35.4 Å². The smallest absolute Gasteiger partial charge is 0.0294 e. The lowest BCUT2D eigenvalue weighted by atomic mass is 10.0. The zero-order valence-corrected chi connectivity index (χ0v) is 10.4. The van der Waals surface area contributed by atoms with E-state index in [0.717, 1.165) is 0 Å². The zero-order valence-electron chi connectivity index (χ0n) is 10.4. The van der Waals surface area contributed by atoms with Gasteiger partial charge in [-0.25, -0.2) is 0 Å². The third kappa shape index (κ3) is 3.67. The molecule has 1 aromatic carbocycles. The van der Waals surface area contributed by atoms with Crippen LogP contribution in [0.5, 0.6) is 0 Å². The fraction of sp³-hybridized carbons (Fsp3) is 0.571. The van der Waals surface area contributed by atoms with Crippen molar-refractivity contribution < 1.29 is 0 Å². The van der Waals surface area contributed by atoms with Gasteiger partial charge in [0.25, 0.3) is 0 Å². The molecule has 1 heteroatoms. The summed E-state index contributed by atoms with van der Waals surface area (Å²) in [4.78, 5) is 0. The van der Waals surface area contributed by atoms with Crippen molar-refractivity contribution in [3.63, 3.8) is 0 Å². The van der Waals surface area contributed by atoms with Crippen molar-refractivity contribution >= 4 is 0 Å². The van der Waals surface area contributed by atoms with Gasteiger partial charge in [-0.1, -0.05) is 43.7 Å². The third-order valence-electron chi connectivity index (χ3n) is 3.01. The predicted molar refractivity (Wildman–Crippen MR) is 67.1 cm³/mol. The first-order chi connectivity index (χ1) is 7.17. The minimum absolute atomic E-state index is 0.454. The van der Waals surface area contributed by atoms with E-state index >= 15 is 0 Å². The van der Waals surface area contributed by atoms with Crippen molar-refractivity contribution in [2.75, 3.05) is 0 Å². The first-order valence-electron chi connectivity index (χ1n) is 6.00. The van der Waals surface area contributed by atoms with E-state index in [4.69, 9.17) is 0 Å². The van der Waals surface area contributed by atoms with Gasteiger partial charge in [0.2, 0.25) is 0 Å². The van der Waals surface area contributed by atoms with Gasteiger partial charge in [0.05, 0.1) is 0 Å². The Hall–Kier alpha value is -0.820. The van der Waals surface area contributed by atoms with Crippen molar-refractivity contribution in [2.24, 2.45) is 0 Å². The molecule has 0 aliphatic rings. The van der Waals surface area contributed by atoms with E-state index in [1.165, 1.54) is 24.0 Å². The second-order valence-corrected chi connectivity index (χ2v) is 4.32. The van der Waals surface area contributed by atoms with Crippen molar-refractivity contribution in [1.29, 1.82) is 0 Å². The van der Waals surface area contributed by atoms with Crippen LogP contribution in [0.1, 0.15) is 50.8 Å². The molecule has 0 spiro atoms. The number of aryl methyl sites for hydroxylation is 1. The van der Waals surface area contributed by atoms with E-state index in [1.54, 1.807) is 0 Å². The minimum atomic E-state index is 0.454. The summed E-state index contributed by atoms with van der Waals surface area (Å²) < 4.78 is 0. The first kappa shape index (κ1) is 12.3. The van der Waals surface area contributed by atoms with Crippen LogP contribution in [-0.4, -0.2) is 6.04 Å². The highest BCUT2D eigenvalue weighted by Gasteiger charge is 2.09. The molecule has 15 heavy (non-hydrogen) atoms. The standard InChI is InChI=1S/C14H23N/c1-5-14(6-2)15-12(4)13-9-7-8-11(3)10-13/h7-10,12,14-15H,5-6H2,1-4H3. The molecule has 1 rings (SSSR count). The quantitative estimate of drug-likeness (QED) is 0.770. The van der Waals surface area contributed by atoms with Crippen molar-refractivity contribution in [3.8, 4) is 0 Å². The molecule has 84 valence electrons. The van der Waals surface area contributed by atoms with Gasteiger partial charge in [-0.05, 0) is 32.3 Å². The summed E-state index contributed by atoms with van der Waals surface area (Å²) in [6.45, 7) is 8.87. The van der Waals surface area contributed by atoms with Crippen LogP contribution < -0.4 is 5.32 Å². The van der Waals surface area contributed by atoms with Crippen LogP contribution in [-0.2, 0) is 0 Å². The molecule has 1 atom stereocenters. The number of hydrogen-bond donors (Lipinski definition) is 1. The molecule has 0 aliphatic heterocycles. The second-order valence-electron chi connectivity index (χ2n) is 4.32. The topological polar surface area (TPSA) is 12.0 Å². The highest BCUT2D eigenvalue weighted by molar-refractivity contribution is 5.24. The molecule has 0 saturated carbocycles. The summed E-state index contributed by atoms with van der Waals surface area (Å²) in [6, 6.07) is 9.84. The van der Waals surface area contributed by atoms with Crippen LogP contribution in [0, 0.1) is 6.92 Å². The third-order valence-corrected chi connectivity index (χ3v) is 3.01.